The second-order valence-electron chi connectivity index (χ2n) is 11.1. The molecule has 0 radical (unpaired) electrons. The topological polar surface area (TPSA) is 77.8 Å². The molecule has 3 heterocycles. The van der Waals surface area contributed by atoms with Crippen LogP contribution in [0.1, 0.15) is 0 Å². The molecule has 6 nitrogen and oxygen atoms in total. The van der Waals surface area contributed by atoms with Gasteiger partial charge in [-0.05, 0) is 59.7 Å². The van der Waals surface area contributed by atoms with Crippen LogP contribution < -0.4 is 0 Å². The normalized spacial score (nSPS) is 11.5. The van der Waals surface area contributed by atoms with E-state index in [1.165, 1.54) is 0 Å². The molecule has 0 spiro atoms. The summed E-state index contributed by atoms with van der Waals surface area (Å²) in [5.41, 5.74) is 8.72. The van der Waals surface area contributed by atoms with Crippen molar-refractivity contribution in [2.75, 3.05) is 0 Å². The highest BCUT2D eigenvalue weighted by molar-refractivity contribution is 6.11. The van der Waals surface area contributed by atoms with Crippen LogP contribution in [0.25, 0.3) is 89.8 Å². The first-order chi connectivity index (χ1) is 22.8. The van der Waals surface area contributed by atoms with Gasteiger partial charge in [0.2, 0.25) is 5.89 Å². The highest BCUT2D eigenvalue weighted by Crippen LogP contribution is 2.37. The van der Waals surface area contributed by atoms with Gasteiger partial charge in [0.15, 0.2) is 23.1 Å². The maximum atomic E-state index is 6.21. The highest BCUT2D eigenvalue weighted by Gasteiger charge is 2.19. The molecule has 0 aliphatic carbocycles. The van der Waals surface area contributed by atoms with Crippen LogP contribution in [-0.2, 0) is 0 Å². The second-order valence-corrected chi connectivity index (χ2v) is 11.1. The monoisotopic (exact) mass is 592 g/mol. The standard InChI is InChI=1S/C40H24N4O2/c1-3-11-25(12-4-1)27-15-9-16-28(23-27)37-42-38(29-21-22-32-35(24-29)46-40(41-32)26-13-5-2-6-14-26)44-39(43-37)31-18-10-20-34-36(31)30-17-7-8-19-33(30)45-34/h1-24H. The van der Waals surface area contributed by atoms with E-state index < -0.39 is 0 Å². The second kappa shape index (κ2) is 10.6. The van der Waals surface area contributed by atoms with Crippen LogP contribution in [0.15, 0.2) is 154 Å². The summed E-state index contributed by atoms with van der Waals surface area (Å²) in [5.74, 6) is 2.24. The molecule has 0 N–H and O–H groups in total. The summed E-state index contributed by atoms with van der Waals surface area (Å²) >= 11 is 0. The van der Waals surface area contributed by atoms with Gasteiger partial charge in [0.05, 0.1) is 0 Å². The molecule has 9 rings (SSSR count). The molecule has 0 fully saturated rings. The fourth-order valence-corrected chi connectivity index (χ4v) is 5.95. The Balaban J connectivity index is 1.25. The molecule has 6 aromatic carbocycles. The Morgan fingerprint density at radius 2 is 1.00 bits per heavy atom. The van der Waals surface area contributed by atoms with E-state index in [0.29, 0.717) is 28.9 Å². The van der Waals surface area contributed by atoms with Crippen LogP contribution in [0.4, 0.5) is 0 Å². The van der Waals surface area contributed by atoms with Crippen molar-refractivity contribution in [3.8, 4) is 56.7 Å². The molecule has 9 aromatic rings. The van der Waals surface area contributed by atoms with Gasteiger partial charge in [0, 0.05) is 33.0 Å². The number of hydrogen-bond donors (Lipinski definition) is 0. The third-order valence-corrected chi connectivity index (χ3v) is 8.17. The summed E-state index contributed by atoms with van der Waals surface area (Å²) in [5, 5.41) is 1.98. The van der Waals surface area contributed by atoms with Crippen LogP contribution in [0.3, 0.4) is 0 Å². The summed E-state index contributed by atoms with van der Waals surface area (Å²) in [4.78, 5) is 19.9. The Morgan fingerprint density at radius 3 is 1.83 bits per heavy atom. The Labute approximate surface area is 263 Å². The molecule has 0 aliphatic rings. The molecular weight excluding hydrogens is 568 g/mol. The van der Waals surface area contributed by atoms with Crippen LogP contribution in [0, 0.1) is 0 Å². The fraction of sp³-hybridized carbons (Fsp3) is 0. The van der Waals surface area contributed by atoms with Gasteiger partial charge in [0.25, 0.3) is 0 Å². The lowest BCUT2D eigenvalue weighted by molar-refractivity contribution is 0.620. The first-order valence-corrected chi connectivity index (χ1v) is 15.1. The van der Waals surface area contributed by atoms with E-state index in [0.717, 1.165) is 60.8 Å². The van der Waals surface area contributed by atoms with E-state index in [-0.39, 0.29) is 0 Å². The summed E-state index contributed by atoms with van der Waals surface area (Å²) in [6.07, 6.45) is 0. The van der Waals surface area contributed by atoms with E-state index in [4.69, 9.17) is 28.8 Å². The molecule has 0 bridgehead atoms. The number of rotatable bonds is 5. The van der Waals surface area contributed by atoms with Gasteiger partial charge < -0.3 is 8.83 Å². The summed E-state index contributed by atoms with van der Waals surface area (Å²) < 4.78 is 12.4. The van der Waals surface area contributed by atoms with Crippen molar-refractivity contribution in [3.63, 3.8) is 0 Å². The number of aromatic nitrogens is 4. The molecule has 6 heteroatoms. The smallest absolute Gasteiger partial charge is 0.227 e. The number of fused-ring (bicyclic) bond motifs is 4. The highest BCUT2D eigenvalue weighted by atomic mass is 16.3. The Bertz CT molecular complexity index is 2540. The molecule has 0 unspecified atom stereocenters. The lowest BCUT2D eigenvalue weighted by atomic mass is 10.0. The van der Waals surface area contributed by atoms with Gasteiger partial charge in [0.1, 0.15) is 16.7 Å². The molecule has 46 heavy (non-hydrogen) atoms. The minimum atomic E-state index is 0.537. The van der Waals surface area contributed by atoms with Crippen molar-refractivity contribution < 1.29 is 8.83 Å². The maximum absolute atomic E-state index is 6.21. The predicted molar refractivity (Wildman–Crippen MR) is 182 cm³/mol. The third kappa shape index (κ3) is 4.52. The Hall–Kier alpha value is -6.40. The van der Waals surface area contributed by atoms with Crippen LogP contribution >= 0.6 is 0 Å². The minimum Gasteiger partial charge on any atom is -0.456 e. The van der Waals surface area contributed by atoms with Gasteiger partial charge in [-0.2, -0.15) is 0 Å². The first kappa shape index (κ1) is 26.0. The number of para-hydroxylation sites is 1. The van der Waals surface area contributed by atoms with Crippen LogP contribution in [0.2, 0.25) is 0 Å². The Kier molecular flexibility index (Phi) is 6.03. The molecule has 0 saturated carbocycles. The van der Waals surface area contributed by atoms with Crippen molar-refractivity contribution in [3.05, 3.63) is 146 Å². The zero-order valence-corrected chi connectivity index (χ0v) is 24.5. The largest absolute Gasteiger partial charge is 0.456 e. The minimum absolute atomic E-state index is 0.537. The quantitative estimate of drug-likeness (QED) is 0.198. The number of nitrogens with zero attached hydrogens (tertiary/aromatic N) is 4. The lowest BCUT2D eigenvalue weighted by Crippen LogP contribution is -2.00. The van der Waals surface area contributed by atoms with Gasteiger partial charge in [-0.1, -0.05) is 97.1 Å². The number of oxazole rings is 1. The van der Waals surface area contributed by atoms with E-state index >= 15 is 0 Å². The SMILES string of the molecule is c1ccc(-c2cccc(-c3nc(-c4ccc5nc(-c6ccccc6)oc5c4)nc(-c4cccc5oc6ccccc6c45)n3)c2)cc1. The predicted octanol–water partition coefficient (Wildman–Crippen LogP) is 10.2. The van der Waals surface area contributed by atoms with Crippen molar-refractivity contribution >= 4 is 33.0 Å². The van der Waals surface area contributed by atoms with E-state index in [1.54, 1.807) is 0 Å². The fourth-order valence-electron chi connectivity index (χ4n) is 5.95. The van der Waals surface area contributed by atoms with Crippen LogP contribution in [0.5, 0.6) is 0 Å². The summed E-state index contributed by atoms with van der Waals surface area (Å²) in [7, 11) is 0. The third-order valence-electron chi connectivity index (χ3n) is 8.17. The van der Waals surface area contributed by atoms with E-state index in [9.17, 15) is 0 Å². The van der Waals surface area contributed by atoms with E-state index in [2.05, 4.69) is 30.3 Å². The zero-order valence-electron chi connectivity index (χ0n) is 24.5. The molecule has 216 valence electrons. The number of hydrogen-bond acceptors (Lipinski definition) is 6. The van der Waals surface area contributed by atoms with Gasteiger partial charge in [-0.25, -0.2) is 19.9 Å². The van der Waals surface area contributed by atoms with Gasteiger partial charge >= 0.3 is 0 Å². The van der Waals surface area contributed by atoms with Crippen molar-refractivity contribution in [1.29, 1.82) is 0 Å². The lowest BCUT2D eigenvalue weighted by Gasteiger charge is -2.10. The van der Waals surface area contributed by atoms with Crippen molar-refractivity contribution in [1.82, 2.24) is 19.9 Å². The van der Waals surface area contributed by atoms with Crippen molar-refractivity contribution in [2.24, 2.45) is 0 Å². The molecule has 0 amide bonds. The molecule has 0 atom stereocenters. The number of benzene rings is 6. The van der Waals surface area contributed by atoms with Crippen molar-refractivity contribution in [2.45, 2.75) is 0 Å². The molecule has 0 aliphatic heterocycles. The van der Waals surface area contributed by atoms with Crippen LogP contribution in [-0.4, -0.2) is 19.9 Å². The zero-order chi connectivity index (χ0) is 30.5. The van der Waals surface area contributed by atoms with Gasteiger partial charge in [-0.3, -0.25) is 0 Å². The summed E-state index contributed by atoms with van der Waals surface area (Å²) in [6, 6.07) is 48.4. The van der Waals surface area contributed by atoms with E-state index in [1.807, 2.05) is 115 Å². The summed E-state index contributed by atoms with van der Waals surface area (Å²) in [6.45, 7) is 0. The average Bonchev–Trinajstić information content (AvgIpc) is 3.74. The maximum Gasteiger partial charge on any atom is 0.227 e. The first-order valence-electron chi connectivity index (χ1n) is 15.1. The number of furan rings is 1. The van der Waals surface area contributed by atoms with Gasteiger partial charge in [-0.15, -0.1) is 0 Å². The average molecular weight is 593 g/mol. The molecular formula is C40H24N4O2. The molecule has 0 saturated heterocycles. The molecule has 3 aromatic heterocycles. The Morgan fingerprint density at radius 1 is 0.370 bits per heavy atom.